The summed E-state index contributed by atoms with van der Waals surface area (Å²) in [5, 5.41) is 4.19. The molecule has 1 aliphatic rings. The van der Waals surface area contributed by atoms with Crippen LogP contribution in [0.3, 0.4) is 0 Å². The number of hydrogen-bond donors (Lipinski definition) is 1. The Morgan fingerprint density at radius 3 is 3.00 bits per heavy atom. The van der Waals surface area contributed by atoms with Crippen molar-refractivity contribution in [3.63, 3.8) is 0 Å². The van der Waals surface area contributed by atoms with Crippen LogP contribution in [0, 0.1) is 0 Å². The molecule has 1 aromatic heterocycles. The summed E-state index contributed by atoms with van der Waals surface area (Å²) < 4.78 is 5.40. The molecule has 1 unspecified atom stereocenters. The molecule has 0 amide bonds. The Morgan fingerprint density at radius 2 is 2.22 bits per heavy atom. The third-order valence-electron chi connectivity index (χ3n) is 3.34. The van der Waals surface area contributed by atoms with E-state index in [2.05, 4.69) is 36.5 Å². The van der Waals surface area contributed by atoms with E-state index in [1.54, 1.807) is 6.26 Å². The highest BCUT2D eigenvalue weighted by atomic mass is 32.2. The highest BCUT2D eigenvalue weighted by Crippen LogP contribution is 2.36. The maximum absolute atomic E-state index is 5.40. The quantitative estimate of drug-likeness (QED) is 0.907. The molecule has 0 aliphatic carbocycles. The van der Waals surface area contributed by atoms with E-state index in [4.69, 9.17) is 4.42 Å². The first-order chi connectivity index (χ1) is 8.83. The monoisotopic (exact) mass is 259 g/mol. The van der Waals surface area contributed by atoms with E-state index in [0.717, 1.165) is 12.3 Å². The topological polar surface area (TPSA) is 25.2 Å². The maximum atomic E-state index is 5.40. The van der Waals surface area contributed by atoms with Gasteiger partial charge < -0.3 is 9.73 Å². The van der Waals surface area contributed by atoms with Crippen molar-refractivity contribution in [2.24, 2.45) is 0 Å². The number of nitrogens with one attached hydrogen (secondary N) is 1. The van der Waals surface area contributed by atoms with Crippen LogP contribution in [0.2, 0.25) is 0 Å². The number of furan rings is 1. The molecular weight excluding hydrogens is 242 g/mol. The lowest BCUT2D eigenvalue weighted by Gasteiger charge is -2.14. The van der Waals surface area contributed by atoms with Crippen molar-refractivity contribution in [1.82, 2.24) is 5.32 Å². The number of thioether (sulfide) groups is 1. The third kappa shape index (κ3) is 2.47. The van der Waals surface area contributed by atoms with Gasteiger partial charge in [-0.2, -0.15) is 0 Å². The summed E-state index contributed by atoms with van der Waals surface area (Å²) in [5.41, 5.74) is 1.49. The number of fused-ring (bicyclic) bond motifs is 1. The predicted molar refractivity (Wildman–Crippen MR) is 74.9 cm³/mol. The van der Waals surface area contributed by atoms with Crippen LogP contribution < -0.4 is 5.32 Å². The maximum Gasteiger partial charge on any atom is 0.120 e. The lowest BCUT2D eigenvalue weighted by molar-refractivity contribution is 0.431. The Hall–Kier alpha value is -1.19. The SMILES string of the molecule is C[C@H](NCC1Cc2ccccc2S1)c1ccco1. The molecule has 1 N–H and O–H groups in total. The Labute approximate surface area is 112 Å². The number of benzene rings is 1. The van der Waals surface area contributed by atoms with Gasteiger partial charge in [-0.1, -0.05) is 18.2 Å². The van der Waals surface area contributed by atoms with Crippen molar-refractivity contribution in [3.05, 3.63) is 54.0 Å². The largest absolute Gasteiger partial charge is 0.468 e. The van der Waals surface area contributed by atoms with Crippen LogP contribution in [0.4, 0.5) is 0 Å². The molecule has 2 aromatic rings. The van der Waals surface area contributed by atoms with Gasteiger partial charge in [0.1, 0.15) is 5.76 Å². The van der Waals surface area contributed by atoms with Crippen molar-refractivity contribution >= 4 is 11.8 Å². The number of hydrogen-bond acceptors (Lipinski definition) is 3. The van der Waals surface area contributed by atoms with Crippen LogP contribution in [-0.4, -0.2) is 11.8 Å². The van der Waals surface area contributed by atoms with Crippen molar-refractivity contribution in [2.45, 2.75) is 29.5 Å². The van der Waals surface area contributed by atoms with Gasteiger partial charge in [0.25, 0.3) is 0 Å². The van der Waals surface area contributed by atoms with E-state index < -0.39 is 0 Å². The van der Waals surface area contributed by atoms with Crippen LogP contribution >= 0.6 is 11.8 Å². The van der Waals surface area contributed by atoms with E-state index in [1.165, 1.54) is 16.9 Å². The van der Waals surface area contributed by atoms with Gasteiger partial charge in [-0.3, -0.25) is 0 Å². The standard InChI is InChI=1S/C15H17NOS/c1-11(14-6-4-8-17-14)16-10-13-9-12-5-2-3-7-15(12)18-13/h2-8,11,13,16H,9-10H2,1H3/t11-,13?/m0/s1. The summed E-state index contributed by atoms with van der Waals surface area (Å²) in [6.07, 6.45) is 2.90. The van der Waals surface area contributed by atoms with E-state index in [9.17, 15) is 0 Å². The fourth-order valence-corrected chi connectivity index (χ4v) is 3.58. The predicted octanol–water partition coefficient (Wildman–Crippen LogP) is 3.65. The molecule has 94 valence electrons. The minimum Gasteiger partial charge on any atom is -0.468 e. The second-order valence-electron chi connectivity index (χ2n) is 4.70. The van der Waals surface area contributed by atoms with Gasteiger partial charge >= 0.3 is 0 Å². The van der Waals surface area contributed by atoms with Gasteiger partial charge in [0.05, 0.1) is 12.3 Å². The molecule has 3 heteroatoms. The van der Waals surface area contributed by atoms with Crippen molar-refractivity contribution in [2.75, 3.05) is 6.54 Å². The molecule has 1 aliphatic heterocycles. The lowest BCUT2D eigenvalue weighted by Crippen LogP contribution is -2.26. The molecule has 2 heterocycles. The number of rotatable bonds is 4. The second kappa shape index (κ2) is 5.21. The molecule has 0 radical (unpaired) electrons. The van der Waals surface area contributed by atoms with Gasteiger partial charge in [0.15, 0.2) is 0 Å². The van der Waals surface area contributed by atoms with E-state index in [-0.39, 0.29) is 6.04 Å². The third-order valence-corrected chi connectivity index (χ3v) is 4.65. The Kier molecular flexibility index (Phi) is 3.43. The highest BCUT2D eigenvalue weighted by molar-refractivity contribution is 8.00. The average molecular weight is 259 g/mol. The van der Waals surface area contributed by atoms with Crippen LogP contribution in [-0.2, 0) is 6.42 Å². The summed E-state index contributed by atoms with van der Waals surface area (Å²) in [6, 6.07) is 12.9. The lowest BCUT2D eigenvalue weighted by atomic mass is 10.1. The minimum absolute atomic E-state index is 0.282. The zero-order valence-electron chi connectivity index (χ0n) is 10.4. The van der Waals surface area contributed by atoms with Crippen molar-refractivity contribution < 1.29 is 4.42 Å². The fourth-order valence-electron chi connectivity index (χ4n) is 2.31. The van der Waals surface area contributed by atoms with Gasteiger partial charge in [-0.15, -0.1) is 11.8 Å². The van der Waals surface area contributed by atoms with E-state index >= 15 is 0 Å². The Bertz CT molecular complexity index is 484. The average Bonchev–Trinajstić information content (AvgIpc) is 3.04. The molecule has 0 saturated carbocycles. The van der Waals surface area contributed by atoms with Gasteiger partial charge in [-0.05, 0) is 37.1 Å². The molecule has 1 aromatic carbocycles. The molecule has 0 spiro atoms. The normalized spacial score (nSPS) is 19.7. The van der Waals surface area contributed by atoms with Crippen LogP contribution in [0.1, 0.15) is 24.3 Å². The highest BCUT2D eigenvalue weighted by Gasteiger charge is 2.22. The summed E-state index contributed by atoms with van der Waals surface area (Å²) >= 11 is 1.98. The smallest absolute Gasteiger partial charge is 0.120 e. The first-order valence-corrected chi connectivity index (χ1v) is 7.22. The summed E-state index contributed by atoms with van der Waals surface area (Å²) in [5.74, 6) is 1.01. The molecule has 0 bridgehead atoms. The van der Waals surface area contributed by atoms with Crippen molar-refractivity contribution in [3.8, 4) is 0 Å². The first-order valence-electron chi connectivity index (χ1n) is 6.34. The van der Waals surface area contributed by atoms with Crippen molar-refractivity contribution in [1.29, 1.82) is 0 Å². The summed E-state index contributed by atoms with van der Waals surface area (Å²) in [7, 11) is 0. The zero-order valence-corrected chi connectivity index (χ0v) is 11.2. The van der Waals surface area contributed by atoms with Crippen LogP contribution in [0.5, 0.6) is 0 Å². The van der Waals surface area contributed by atoms with Gasteiger partial charge in [-0.25, -0.2) is 0 Å². The van der Waals surface area contributed by atoms with E-state index in [1.807, 2.05) is 23.9 Å². The molecule has 18 heavy (non-hydrogen) atoms. The van der Waals surface area contributed by atoms with E-state index in [0.29, 0.717) is 5.25 Å². The van der Waals surface area contributed by atoms with Crippen LogP contribution in [0.15, 0.2) is 52.0 Å². The summed E-state index contributed by atoms with van der Waals surface area (Å²) in [6.45, 7) is 3.16. The minimum atomic E-state index is 0.282. The van der Waals surface area contributed by atoms with Crippen LogP contribution in [0.25, 0.3) is 0 Å². The molecule has 0 saturated heterocycles. The fraction of sp³-hybridized carbons (Fsp3) is 0.333. The Balaban J connectivity index is 1.54. The van der Waals surface area contributed by atoms with Gasteiger partial charge in [0, 0.05) is 16.7 Å². The Morgan fingerprint density at radius 1 is 1.33 bits per heavy atom. The molecule has 2 nitrogen and oxygen atoms in total. The second-order valence-corrected chi connectivity index (χ2v) is 6.04. The molecular formula is C15H17NOS. The van der Waals surface area contributed by atoms with Gasteiger partial charge in [0.2, 0.25) is 0 Å². The molecule has 0 fully saturated rings. The molecule has 3 rings (SSSR count). The first kappa shape index (κ1) is 11.9. The summed E-state index contributed by atoms with van der Waals surface area (Å²) in [4.78, 5) is 1.44. The molecule has 2 atom stereocenters. The zero-order chi connectivity index (χ0) is 12.4.